The van der Waals surface area contributed by atoms with Crippen molar-refractivity contribution < 1.29 is 0 Å². The van der Waals surface area contributed by atoms with E-state index in [1.54, 1.807) is 17.1 Å². The largest absolute Gasteiger partial charge is 0.362 e. The van der Waals surface area contributed by atoms with Gasteiger partial charge >= 0.3 is 0 Å². The van der Waals surface area contributed by atoms with Gasteiger partial charge in [-0.1, -0.05) is 0 Å². The van der Waals surface area contributed by atoms with E-state index in [9.17, 15) is 0 Å². The zero-order valence-corrected chi connectivity index (χ0v) is 8.75. The van der Waals surface area contributed by atoms with Crippen LogP contribution in [0.1, 0.15) is 11.4 Å². The van der Waals surface area contributed by atoms with E-state index in [1.807, 2.05) is 19.2 Å². The van der Waals surface area contributed by atoms with Crippen LogP contribution in [0.2, 0.25) is 0 Å². The second-order valence-corrected chi connectivity index (χ2v) is 3.17. The van der Waals surface area contributed by atoms with Crippen LogP contribution in [0.4, 0.5) is 5.82 Å². The zero-order valence-electron chi connectivity index (χ0n) is 8.75. The third kappa shape index (κ3) is 1.98. The third-order valence-electron chi connectivity index (χ3n) is 2.16. The highest BCUT2D eigenvalue weighted by atomic mass is 15.3. The van der Waals surface area contributed by atoms with Gasteiger partial charge in [0.1, 0.15) is 6.07 Å². The van der Waals surface area contributed by atoms with E-state index in [0.717, 1.165) is 5.69 Å². The van der Waals surface area contributed by atoms with Gasteiger partial charge in [-0.25, -0.2) is 9.97 Å². The Balaban J connectivity index is 2.11. The van der Waals surface area contributed by atoms with Crippen LogP contribution in [-0.4, -0.2) is 19.7 Å². The maximum atomic E-state index is 8.82. The number of hydrogen-bond acceptors (Lipinski definition) is 5. The number of nitrogens with zero attached hydrogens (tertiary/aromatic N) is 5. The first kappa shape index (κ1) is 10.1. The molecule has 2 rings (SSSR count). The summed E-state index contributed by atoms with van der Waals surface area (Å²) in [5, 5.41) is 15.9. The molecule has 0 saturated carbocycles. The van der Waals surface area contributed by atoms with Crippen molar-refractivity contribution in [1.29, 1.82) is 5.26 Å². The monoisotopic (exact) mass is 214 g/mol. The molecule has 0 radical (unpaired) electrons. The molecule has 0 aliphatic heterocycles. The molecule has 0 aromatic carbocycles. The number of nitrogens with one attached hydrogen (secondary N) is 1. The molecule has 0 aliphatic carbocycles. The molecule has 0 spiro atoms. The van der Waals surface area contributed by atoms with E-state index in [4.69, 9.17) is 5.26 Å². The molecule has 0 unspecified atom stereocenters. The minimum absolute atomic E-state index is 0.296. The normalized spacial score (nSPS) is 9.75. The molecule has 80 valence electrons. The Morgan fingerprint density at radius 1 is 1.38 bits per heavy atom. The van der Waals surface area contributed by atoms with Crippen molar-refractivity contribution in [2.75, 3.05) is 5.32 Å². The van der Waals surface area contributed by atoms with Crippen LogP contribution in [0.25, 0.3) is 0 Å². The van der Waals surface area contributed by atoms with Gasteiger partial charge in [0.05, 0.1) is 12.2 Å². The second-order valence-electron chi connectivity index (χ2n) is 3.17. The Labute approximate surface area is 92.6 Å². The van der Waals surface area contributed by atoms with Crippen molar-refractivity contribution in [1.82, 2.24) is 19.7 Å². The van der Waals surface area contributed by atoms with Gasteiger partial charge in [0, 0.05) is 25.6 Å². The summed E-state index contributed by atoms with van der Waals surface area (Å²) in [5.41, 5.74) is 1.30. The first-order valence-electron chi connectivity index (χ1n) is 4.73. The molecule has 0 amide bonds. The zero-order chi connectivity index (χ0) is 11.4. The van der Waals surface area contributed by atoms with E-state index >= 15 is 0 Å². The fourth-order valence-electron chi connectivity index (χ4n) is 1.30. The van der Waals surface area contributed by atoms with Crippen molar-refractivity contribution in [2.45, 2.75) is 6.54 Å². The number of anilines is 1. The Morgan fingerprint density at radius 3 is 2.88 bits per heavy atom. The molecule has 0 aliphatic rings. The molecule has 0 fully saturated rings. The maximum Gasteiger partial charge on any atom is 0.182 e. The maximum absolute atomic E-state index is 8.82. The first-order valence-corrected chi connectivity index (χ1v) is 4.73. The molecule has 0 bridgehead atoms. The Kier molecular flexibility index (Phi) is 2.78. The van der Waals surface area contributed by atoms with Crippen molar-refractivity contribution in [3.63, 3.8) is 0 Å². The fraction of sp³-hybridized carbons (Fsp3) is 0.200. The number of rotatable bonds is 3. The molecule has 2 aromatic rings. The number of aryl methyl sites for hydroxylation is 1. The van der Waals surface area contributed by atoms with Gasteiger partial charge in [0.2, 0.25) is 0 Å². The molecule has 16 heavy (non-hydrogen) atoms. The van der Waals surface area contributed by atoms with E-state index in [2.05, 4.69) is 20.4 Å². The van der Waals surface area contributed by atoms with Crippen LogP contribution in [0.15, 0.2) is 24.7 Å². The van der Waals surface area contributed by atoms with E-state index in [0.29, 0.717) is 18.1 Å². The van der Waals surface area contributed by atoms with E-state index in [-0.39, 0.29) is 0 Å². The molecular weight excluding hydrogens is 204 g/mol. The molecule has 0 saturated heterocycles. The van der Waals surface area contributed by atoms with E-state index < -0.39 is 0 Å². The summed E-state index contributed by atoms with van der Waals surface area (Å²) in [6.07, 6.45) is 4.76. The second kappa shape index (κ2) is 4.40. The minimum atomic E-state index is 0.296. The highest BCUT2D eigenvalue weighted by Crippen LogP contribution is 2.08. The molecule has 2 heterocycles. The molecule has 1 N–H and O–H groups in total. The molecule has 6 heteroatoms. The Morgan fingerprint density at radius 2 is 2.19 bits per heavy atom. The molecule has 6 nitrogen and oxygen atoms in total. The van der Waals surface area contributed by atoms with Crippen molar-refractivity contribution in [3.05, 3.63) is 36.0 Å². The van der Waals surface area contributed by atoms with Crippen LogP contribution < -0.4 is 5.32 Å². The fourth-order valence-corrected chi connectivity index (χ4v) is 1.30. The van der Waals surface area contributed by atoms with Gasteiger partial charge in [-0.15, -0.1) is 0 Å². The summed E-state index contributed by atoms with van der Waals surface area (Å²) >= 11 is 0. The summed E-state index contributed by atoms with van der Waals surface area (Å²) in [5.74, 6) is 0.492. The molecular formula is C10H10N6. The van der Waals surface area contributed by atoms with Crippen LogP contribution in [-0.2, 0) is 13.6 Å². The average Bonchev–Trinajstić information content (AvgIpc) is 2.72. The first-order chi connectivity index (χ1) is 7.81. The third-order valence-corrected chi connectivity index (χ3v) is 2.16. The van der Waals surface area contributed by atoms with Crippen LogP contribution in [0.3, 0.4) is 0 Å². The van der Waals surface area contributed by atoms with Gasteiger partial charge in [-0.05, 0) is 6.07 Å². The van der Waals surface area contributed by atoms with E-state index in [1.165, 1.54) is 6.20 Å². The standard InChI is InChI=1S/C10H10N6/c1-16-8(2-3-15-16)7-14-10-9(6-11)12-4-5-13-10/h2-5H,7H2,1H3,(H,13,14). The molecule has 0 atom stereocenters. The summed E-state index contributed by atoms with van der Waals surface area (Å²) < 4.78 is 1.76. The van der Waals surface area contributed by atoms with Gasteiger partial charge in [-0.3, -0.25) is 4.68 Å². The quantitative estimate of drug-likeness (QED) is 0.813. The minimum Gasteiger partial charge on any atom is -0.362 e. The van der Waals surface area contributed by atoms with Crippen LogP contribution in [0.5, 0.6) is 0 Å². The lowest BCUT2D eigenvalue weighted by Gasteiger charge is -2.06. The highest BCUT2D eigenvalue weighted by Gasteiger charge is 2.04. The number of nitriles is 1. The van der Waals surface area contributed by atoms with Crippen molar-refractivity contribution in [3.8, 4) is 6.07 Å². The van der Waals surface area contributed by atoms with Crippen molar-refractivity contribution in [2.24, 2.45) is 7.05 Å². The topological polar surface area (TPSA) is 79.4 Å². The van der Waals surface area contributed by atoms with Gasteiger partial charge < -0.3 is 5.32 Å². The summed E-state index contributed by atoms with van der Waals surface area (Å²) in [6.45, 7) is 0.559. The Hall–Kier alpha value is -2.42. The average molecular weight is 214 g/mol. The lowest BCUT2D eigenvalue weighted by Crippen LogP contribution is -2.08. The van der Waals surface area contributed by atoms with Crippen molar-refractivity contribution >= 4 is 5.82 Å². The number of aromatic nitrogens is 4. The summed E-state index contributed by atoms with van der Waals surface area (Å²) in [6, 6.07) is 3.88. The highest BCUT2D eigenvalue weighted by molar-refractivity contribution is 5.46. The lowest BCUT2D eigenvalue weighted by molar-refractivity contribution is 0.719. The summed E-state index contributed by atoms with van der Waals surface area (Å²) in [4.78, 5) is 7.96. The molecule has 2 aromatic heterocycles. The number of hydrogen-bond donors (Lipinski definition) is 1. The predicted molar refractivity (Wildman–Crippen MR) is 57.3 cm³/mol. The van der Waals surface area contributed by atoms with Gasteiger partial charge in [0.15, 0.2) is 11.5 Å². The Bertz CT molecular complexity index is 524. The van der Waals surface area contributed by atoms with Crippen LogP contribution in [0, 0.1) is 11.3 Å². The predicted octanol–water partition coefficient (Wildman–Crippen LogP) is 0.694. The lowest BCUT2D eigenvalue weighted by atomic mass is 10.4. The summed E-state index contributed by atoms with van der Waals surface area (Å²) in [7, 11) is 1.86. The van der Waals surface area contributed by atoms with Gasteiger partial charge in [-0.2, -0.15) is 10.4 Å². The van der Waals surface area contributed by atoms with Crippen LogP contribution >= 0.6 is 0 Å². The SMILES string of the molecule is Cn1nccc1CNc1nccnc1C#N. The van der Waals surface area contributed by atoms with Gasteiger partial charge in [0.25, 0.3) is 0 Å². The smallest absolute Gasteiger partial charge is 0.182 e.